The number of benzene rings is 1. The van der Waals surface area contributed by atoms with Crippen LogP contribution in [0.3, 0.4) is 0 Å². The van der Waals surface area contributed by atoms with Gasteiger partial charge < -0.3 is 10.1 Å². The Morgan fingerprint density at radius 1 is 1.30 bits per heavy atom. The molecule has 0 unspecified atom stereocenters. The molecule has 0 aliphatic rings. The summed E-state index contributed by atoms with van der Waals surface area (Å²) < 4.78 is 4.76. The van der Waals surface area contributed by atoms with Crippen molar-refractivity contribution in [2.75, 3.05) is 7.11 Å². The quantitative estimate of drug-likeness (QED) is 0.883. The van der Waals surface area contributed by atoms with Crippen molar-refractivity contribution in [3.63, 3.8) is 0 Å². The van der Waals surface area contributed by atoms with Gasteiger partial charge in [0.25, 0.3) is 0 Å². The van der Waals surface area contributed by atoms with Gasteiger partial charge in [0, 0.05) is 25.7 Å². The molecule has 0 saturated heterocycles. The van der Waals surface area contributed by atoms with E-state index in [4.69, 9.17) is 16.3 Å². The lowest BCUT2D eigenvalue weighted by atomic mass is 10.2. The van der Waals surface area contributed by atoms with Gasteiger partial charge in [0.1, 0.15) is 0 Å². The van der Waals surface area contributed by atoms with Crippen molar-refractivity contribution in [1.29, 1.82) is 0 Å². The van der Waals surface area contributed by atoms with Gasteiger partial charge in [0.15, 0.2) is 0 Å². The van der Waals surface area contributed by atoms with Gasteiger partial charge in [-0.15, -0.1) is 0 Å². The predicted molar refractivity (Wildman–Crippen MR) is 77.6 cm³/mol. The van der Waals surface area contributed by atoms with Crippen molar-refractivity contribution < 1.29 is 9.53 Å². The molecule has 20 heavy (non-hydrogen) atoms. The second-order valence-electron chi connectivity index (χ2n) is 3.76. The van der Waals surface area contributed by atoms with Gasteiger partial charge in [-0.25, -0.2) is 4.98 Å². The Hall–Kier alpha value is -2.14. The third kappa shape index (κ3) is 6.70. The Labute approximate surface area is 123 Å². The lowest BCUT2D eigenvalue weighted by molar-refractivity contribution is -0.119. The summed E-state index contributed by atoms with van der Waals surface area (Å²) in [5.41, 5.74) is 1.13. The first-order valence-electron chi connectivity index (χ1n) is 5.92. The van der Waals surface area contributed by atoms with Crippen LogP contribution in [0.25, 0.3) is 0 Å². The van der Waals surface area contributed by atoms with E-state index >= 15 is 0 Å². The third-order valence-corrected chi connectivity index (χ3v) is 2.38. The van der Waals surface area contributed by atoms with Crippen LogP contribution < -0.4 is 10.1 Å². The summed E-state index contributed by atoms with van der Waals surface area (Å²) in [5.74, 6) is 0.490. The zero-order valence-electron chi connectivity index (χ0n) is 11.3. The zero-order chi connectivity index (χ0) is 14.8. The van der Waals surface area contributed by atoms with E-state index in [9.17, 15) is 4.79 Å². The summed E-state index contributed by atoms with van der Waals surface area (Å²) >= 11 is 5.42. The van der Waals surface area contributed by atoms with Gasteiger partial charge in [-0.2, -0.15) is 4.98 Å². The third-order valence-electron chi connectivity index (χ3n) is 2.19. The number of hydrogen-bond donors (Lipinski definition) is 1. The monoisotopic (exact) mass is 293 g/mol. The molecular weight excluding hydrogens is 278 g/mol. The zero-order valence-corrected chi connectivity index (χ0v) is 12.1. The van der Waals surface area contributed by atoms with E-state index in [0.29, 0.717) is 12.4 Å². The number of amides is 1. The van der Waals surface area contributed by atoms with Gasteiger partial charge in [-0.1, -0.05) is 30.3 Å². The van der Waals surface area contributed by atoms with Crippen molar-refractivity contribution in [3.05, 3.63) is 53.4 Å². The number of carbonyl (C=O) groups excluding carboxylic acids is 1. The maximum atomic E-state index is 10.5. The highest BCUT2D eigenvalue weighted by atomic mass is 35.5. The molecular formula is C14H16ClN3O2. The Morgan fingerprint density at radius 2 is 2.00 bits per heavy atom. The minimum Gasteiger partial charge on any atom is -0.481 e. The normalized spacial score (nSPS) is 9.15. The molecule has 1 aromatic heterocycles. The number of hydrogen-bond acceptors (Lipinski definition) is 4. The maximum Gasteiger partial charge on any atom is 0.225 e. The van der Waals surface area contributed by atoms with E-state index in [-0.39, 0.29) is 11.2 Å². The first kappa shape index (κ1) is 15.9. The molecule has 0 saturated carbocycles. The van der Waals surface area contributed by atoms with Crippen LogP contribution >= 0.6 is 11.6 Å². The van der Waals surface area contributed by atoms with Crippen molar-refractivity contribution in [1.82, 2.24) is 15.3 Å². The molecule has 0 radical (unpaired) electrons. The summed E-state index contributed by atoms with van der Waals surface area (Å²) in [5, 5.41) is 2.93. The number of nitrogens with one attached hydrogen (secondary N) is 1. The molecule has 5 nitrogen and oxygen atoms in total. The summed E-state index contributed by atoms with van der Waals surface area (Å²) in [4.78, 5) is 17.9. The molecule has 0 aliphatic carbocycles. The Balaban J connectivity index is 0.000000204. The molecule has 2 aromatic rings. The van der Waals surface area contributed by atoms with Gasteiger partial charge in [0.2, 0.25) is 17.1 Å². The largest absolute Gasteiger partial charge is 0.481 e. The highest BCUT2D eigenvalue weighted by Crippen LogP contribution is 2.06. The molecule has 0 aliphatic heterocycles. The Morgan fingerprint density at radius 3 is 2.50 bits per heavy atom. The fourth-order valence-corrected chi connectivity index (χ4v) is 1.40. The molecule has 1 N–H and O–H groups in total. The van der Waals surface area contributed by atoms with Gasteiger partial charge in [-0.05, 0) is 17.2 Å². The average Bonchev–Trinajstić information content (AvgIpc) is 2.47. The molecule has 0 atom stereocenters. The molecule has 0 fully saturated rings. The van der Waals surface area contributed by atoms with Crippen molar-refractivity contribution in [2.24, 2.45) is 0 Å². The van der Waals surface area contributed by atoms with Crippen LogP contribution in [0.15, 0.2) is 42.6 Å². The number of halogens is 1. The van der Waals surface area contributed by atoms with Crippen LogP contribution in [0.1, 0.15) is 12.5 Å². The van der Waals surface area contributed by atoms with E-state index in [0.717, 1.165) is 5.56 Å². The number of carbonyl (C=O) groups is 1. The number of ether oxygens (including phenoxy) is 1. The van der Waals surface area contributed by atoms with Crippen LogP contribution in [0.4, 0.5) is 0 Å². The lowest BCUT2D eigenvalue weighted by Gasteiger charge is -2.00. The number of nitrogens with zero attached hydrogens (tertiary/aromatic N) is 2. The number of rotatable bonds is 3. The van der Waals surface area contributed by atoms with E-state index in [1.165, 1.54) is 20.2 Å². The molecule has 0 spiro atoms. The molecule has 2 rings (SSSR count). The summed E-state index contributed by atoms with van der Waals surface area (Å²) in [7, 11) is 1.53. The van der Waals surface area contributed by atoms with E-state index in [1.807, 2.05) is 30.3 Å². The molecule has 1 heterocycles. The summed E-state index contributed by atoms with van der Waals surface area (Å²) in [6.45, 7) is 2.14. The lowest BCUT2D eigenvalue weighted by Crippen LogP contribution is -2.18. The minimum atomic E-state index is 0.00820. The SMILES string of the molecule is CC(=O)NCc1ccccc1.COc1ccnc(Cl)n1. The molecule has 0 bridgehead atoms. The van der Waals surface area contributed by atoms with Crippen LogP contribution in [0, 0.1) is 0 Å². The van der Waals surface area contributed by atoms with E-state index in [2.05, 4.69) is 15.3 Å². The topological polar surface area (TPSA) is 64.1 Å². The fraction of sp³-hybridized carbons (Fsp3) is 0.214. The second kappa shape index (κ2) is 8.87. The summed E-state index contributed by atoms with van der Waals surface area (Å²) in [6, 6.07) is 11.5. The second-order valence-corrected chi connectivity index (χ2v) is 4.10. The van der Waals surface area contributed by atoms with Crippen molar-refractivity contribution in [3.8, 4) is 5.88 Å². The van der Waals surface area contributed by atoms with Crippen molar-refractivity contribution in [2.45, 2.75) is 13.5 Å². The van der Waals surface area contributed by atoms with Gasteiger partial charge in [-0.3, -0.25) is 4.79 Å². The Kier molecular flexibility index (Phi) is 7.06. The number of aromatic nitrogens is 2. The maximum absolute atomic E-state index is 10.5. The standard InChI is InChI=1S/C9H11NO.C5H5ClN2O/c1-8(11)10-7-9-5-3-2-4-6-9;1-9-4-2-3-7-5(6)8-4/h2-6H,7H2,1H3,(H,10,11);2-3H,1H3. The minimum absolute atomic E-state index is 0.00820. The van der Waals surface area contributed by atoms with Crippen LogP contribution in [0.2, 0.25) is 5.28 Å². The average molecular weight is 294 g/mol. The van der Waals surface area contributed by atoms with E-state index < -0.39 is 0 Å². The molecule has 106 valence electrons. The first-order valence-corrected chi connectivity index (χ1v) is 6.30. The predicted octanol–water partition coefficient (Wildman–Crippen LogP) is 2.46. The van der Waals surface area contributed by atoms with Gasteiger partial charge in [0.05, 0.1) is 7.11 Å². The number of methoxy groups -OCH3 is 1. The molecule has 1 amide bonds. The van der Waals surface area contributed by atoms with Crippen molar-refractivity contribution >= 4 is 17.5 Å². The van der Waals surface area contributed by atoms with Crippen LogP contribution in [0.5, 0.6) is 5.88 Å². The fourth-order valence-electron chi connectivity index (χ4n) is 1.26. The highest BCUT2D eigenvalue weighted by molar-refractivity contribution is 6.28. The van der Waals surface area contributed by atoms with Crippen LogP contribution in [-0.4, -0.2) is 23.0 Å². The Bertz CT molecular complexity index is 535. The smallest absolute Gasteiger partial charge is 0.225 e. The molecule has 1 aromatic carbocycles. The van der Waals surface area contributed by atoms with E-state index in [1.54, 1.807) is 6.07 Å². The van der Waals surface area contributed by atoms with Gasteiger partial charge >= 0.3 is 0 Å². The molecule has 6 heteroatoms. The first-order chi connectivity index (χ1) is 9.61. The highest BCUT2D eigenvalue weighted by Gasteiger charge is 1.92. The van der Waals surface area contributed by atoms with Crippen LogP contribution in [-0.2, 0) is 11.3 Å². The summed E-state index contributed by atoms with van der Waals surface area (Å²) in [6.07, 6.45) is 1.54.